The SMILES string of the molecule is Cc1cccc(CCNC(=O)CCCc2nc(-c3ccc(Cl)cc3)no2)c1. The number of hydrogen-bond donors (Lipinski definition) is 1. The highest BCUT2D eigenvalue weighted by Crippen LogP contribution is 2.19. The minimum Gasteiger partial charge on any atom is -0.356 e. The average molecular weight is 384 g/mol. The summed E-state index contributed by atoms with van der Waals surface area (Å²) in [5, 5.41) is 7.59. The van der Waals surface area contributed by atoms with Gasteiger partial charge in [0, 0.05) is 30.0 Å². The minimum absolute atomic E-state index is 0.0418. The second-order valence-corrected chi connectivity index (χ2v) is 6.90. The Morgan fingerprint density at radius 3 is 2.74 bits per heavy atom. The second kappa shape index (κ2) is 9.33. The molecule has 27 heavy (non-hydrogen) atoms. The molecule has 1 N–H and O–H groups in total. The van der Waals surface area contributed by atoms with Crippen LogP contribution in [0.1, 0.15) is 29.9 Å². The van der Waals surface area contributed by atoms with Crippen LogP contribution in [0.5, 0.6) is 0 Å². The molecule has 1 heterocycles. The average Bonchev–Trinajstić information content (AvgIpc) is 3.11. The zero-order valence-electron chi connectivity index (χ0n) is 15.2. The predicted octanol–water partition coefficient (Wildman–Crippen LogP) is 4.38. The third-order valence-electron chi connectivity index (χ3n) is 4.18. The van der Waals surface area contributed by atoms with Crippen molar-refractivity contribution in [3.8, 4) is 11.4 Å². The quantitative estimate of drug-likeness (QED) is 0.626. The van der Waals surface area contributed by atoms with Crippen molar-refractivity contribution in [2.45, 2.75) is 32.6 Å². The van der Waals surface area contributed by atoms with E-state index in [1.54, 1.807) is 12.1 Å². The molecule has 0 spiro atoms. The van der Waals surface area contributed by atoms with Crippen molar-refractivity contribution in [2.24, 2.45) is 0 Å². The van der Waals surface area contributed by atoms with Gasteiger partial charge in [-0.3, -0.25) is 4.79 Å². The van der Waals surface area contributed by atoms with Crippen molar-refractivity contribution >= 4 is 17.5 Å². The summed E-state index contributed by atoms with van der Waals surface area (Å²) >= 11 is 5.88. The third kappa shape index (κ3) is 5.93. The van der Waals surface area contributed by atoms with Crippen molar-refractivity contribution in [2.75, 3.05) is 6.54 Å². The summed E-state index contributed by atoms with van der Waals surface area (Å²) in [6.07, 6.45) is 2.51. The first-order valence-electron chi connectivity index (χ1n) is 9.01. The maximum atomic E-state index is 12.0. The van der Waals surface area contributed by atoms with Crippen LogP contribution >= 0.6 is 11.6 Å². The maximum absolute atomic E-state index is 12.0. The van der Waals surface area contributed by atoms with Crippen LogP contribution < -0.4 is 5.32 Å². The van der Waals surface area contributed by atoms with Crippen LogP contribution in [0.4, 0.5) is 0 Å². The number of benzene rings is 2. The number of aromatic nitrogens is 2. The molecule has 1 aromatic heterocycles. The molecule has 0 fully saturated rings. The van der Waals surface area contributed by atoms with E-state index in [2.05, 4.69) is 40.6 Å². The van der Waals surface area contributed by atoms with Gasteiger partial charge in [0.25, 0.3) is 0 Å². The van der Waals surface area contributed by atoms with Crippen molar-refractivity contribution in [1.82, 2.24) is 15.5 Å². The molecular weight excluding hydrogens is 362 g/mol. The lowest BCUT2D eigenvalue weighted by molar-refractivity contribution is -0.121. The van der Waals surface area contributed by atoms with Gasteiger partial charge in [0.15, 0.2) is 0 Å². The molecule has 0 bridgehead atoms. The lowest BCUT2D eigenvalue weighted by Crippen LogP contribution is -2.25. The van der Waals surface area contributed by atoms with E-state index in [9.17, 15) is 4.79 Å². The molecule has 3 aromatic rings. The number of nitrogens with zero attached hydrogens (tertiary/aromatic N) is 2. The van der Waals surface area contributed by atoms with Gasteiger partial charge in [0.1, 0.15) is 0 Å². The van der Waals surface area contributed by atoms with Crippen molar-refractivity contribution in [3.05, 3.63) is 70.6 Å². The zero-order valence-corrected chi connectivity index (χ0v) is 16.0. The van der Waals surface area contributed by atoms with Crippen LogP contribution in [-0.4, -0.2) is 22.6 Å². The normalized spacial score (nSPS) is 10.7. The van der Waals surface area contributed by atoms with Gasteiger partial charge in [-0.25, -0.2) is 0 Å². The number of halogens is 1. The summed E-state index contributed by atoms with van der Waals surface area (Å²) in [5.74, 6) is 1.11. The first-order valence-corrected chi connectivity index (χ1v) is 9.39. The highest BCUT2D eigenvalue weighted by Gasteiger charge is 2.09. The molecular formula is C21H22ClN3O2. The number of carbonyl (C=O) groups is 1. The predicted molar refractivity (Wildman–Crippen MR) is 106 cm³/mol. The minimum atomic E-state index is 0.0418. The van der Waals surface area contributed by atoms with Gasteiger partial charge < -0.3 is 9.84 Å². The van der Waals surface area contributed by atoms with Crippen molar-refractivity contribution in [1.29, 1.82) is 0 Å². The number of aryl methyl sites for hydroxylation is 2. The number of amides is 1. The second-order valence-electron chi connectivity index (χ2n) is 6.46. The summed E-state index contributed by atoms with van der Waals surface area (Å²) in [4.78, 5) is 16.3. The molecule has 0 saturated heterocycles. The molecule has 0 aliphatic rings. The molecule has 0 atom stereocenters. The van der Waals surface area contributed by atoms with Gasteiger partial charge in [-0.15, -0.1) is 0 Å². The summed E-state index contributed by atoms with van der Waals surface area (Å²) in [5.41, 5.74) is 3.32. The van der Waals surface area contributed by atoms with Crippen LogP contribution in [0.25, 0.3) is 11.4 Å². The topological polar surface area (TPSA) is 68.0 Å². The molecule has 140 valence electrons. The smallest absolute Gasteiger partial charge is 0.226 e. The molecule has 0 unspecified atom stereocenters. The molecule has 0 aliphatic carbocycles. The van der Waals surface area contributed by atoms with Gasteiger partial charge in [-0.2, -0.15) is 4.98 Å². The fourth-order valence-corrected chi connectivity index (χ4v) is 2.90. The van der Waals surface area contributed by atoms with E-state index in [-0.39, 0.29) is 5.91 Å². The maximum Gasteiger partial charge on any atom is 0.226 e. The number of nitrogens with one attached hydrogen (secondary N) is 1. The van der Waals surface area contributed by atoms with Gasteiger partial charge >= 0.3 is 0 Å². The van der Waals surface area contributed by atoms with Crippen LogP contribution in [0.15, 0.2) is 53.1 Å². The highest BCUT2D eigenvalue weighted by molar-refractivity contribution is 6.30. The van der Waals surface area contributed by atoms with Crippen LogP contribution in [0.3, 0.4) is 0 Å². The Labute approximate surface area is 163 Å². The molecule has 1 amide bonds. The van der Waals surface area contributed by atoms with E-state index in [0.717, 1.165) is 12.0 Å². The molecule has 0 radical (unpaired) electrons. The van der Waals surface area contributed by atoms with E-state index >= 15 is 0 Å². The Hall–Kier alpha value is -2.66. The molecule has 3 rings (SSSR count). The van der Waals surface area contributed by atoms with Crippen LogP contribution in [0.2, 0.25) is 5.02 Å². The standard InChI is InChI=1S/C21H22ClN3O2/c1-15-4-2-5-16(14-15)12-13-23-19(26)6-3-7-20-24-21(25-27-20)17-8-10-18(22)11-9-17/h2,4-5,8-11,14H,3,6-7,12-13H2,1H3,(H,23,26). The molecule has 6 heteroatoms. The van der Waals surface area contributed by atoms with E-state index in [0.29, 0.717) is 42.5 Å². The Morgan fingerprint density at radius 1 is 1.15 bits per heavy atom. The van der Waals surface area contributed by atoms with Gasteiger partial charge in [0.05, 0.1) is 0 Å². The Morgan fingerprint density at radius 2 is 1.96 bits per heavy atom. The van der Waals surface area contributed by atoms with E-state index < -0.39 is 0 Å². The molecule has 2 aromatic carbocycles. The van der Waals surface area contributed by atoms with Crippen molar-refractivity contribution < 1.29 is 9.32 Å². The fourth-order valence-electron chi connectivity index (χ4n) is 2.78. The molecule has 0 saturated carbocycles. The van der Waals surface area contributed by atoms with Gasteiger partial charge in [0.2, 0.25) is 17.6 Å². The summed E-state index contributed by atoms with van der Waals surface area (Å²) in [6, 6.07) is 15.6. The zero-order chi connectivity index (χ0) is 19.1. The number of rotatable bonds is 8. The Bertz CT molecular complexity index is 890. The van der Waals surface area contributed by atoms with Gasteiger partial charge in [-0.05, 0) is 49.6 Å². The van der Waals surface area contributed by atoms with E-state index in [4.69, 9.17) is 16.1 Å². The lowest BCUT2D eigenvalue weighted by atomic mass is 10.1. The number of carbonyl (C=O) groups excluding carboxylic acids is 1. The van der Waals surface area contributed by atoms with Crippen LogP contribution in [-0.2, 0) is 17.6 Å². The Kier molecular flexibility index (Phi) is 6.60. The fraction of sp³-hybridized carbons (Fsp3) is 0.286. The van der Waals surface area contributed by atoms with E-state index in [1.165, 1.54) is 11.1 Å². The highest BCUT2D eigenvalue weighted by atomic mass is 35.5. The summed E-state index contributed by atoms with van der Waals surface area (Å²) in [7, 11) is 0. The molecule has 0 aliphatic heterocycles. The summed E-state index contributed by atoms with van der Waals surface area (Å²) in [6.45, 7) is 2.71. The largest absolute Gasteiger partial charge is 0.356 e. The lowest BCUT2D eigenvalue weighted by Gasteiger charge is -2.05. The first-order chi connectivity index (χ1) is 13.1. The summed E-state index contributed by atoms with van der Waals surface area (Å²) < 4.78 is 5.26. The third-order valence-corrected chi connectivity index (χ3v) is 4.44. The van der Waals surface area contributed by atoms with Crippen LogP contribution in [0, 0.1) is 6.92 Å². The molecule has 5 nitrogen and oxygen atoms in total. The van der Waals surface area contributed by atoms with Crippen molar-refractivity contribution in [3.63, 3.8) is 0 Å². The van der Waals surface area contributed by atoms with E-state index in [1.807, 2.05) is 18.2 Å². The first kappa shape index (κ1) is 19.1. The number of hydrogen-bond acceptors (Lipinski definition) is 4. The monoisotopic (exact) mass is 383 g/mol. The Balaban J connectivity index is 1.38. The van der Waals surface area contributed by atoms with Gasteiger partial charge in [-0.1, -0.05) is 46.6 Å².